The van der Waals surface area contributed by atoms with Gasteiger partial charge in [0, 0.05) is 24.8 Å². The minimum absolute atomic E-state index is 0.260. The zero-order valence-electron chi connectivity index (χ0n) is 18.0. The van der Waals surface area contributed by atoms with Crippen molar-refractivity contribution in [2.75, 3.05) is 38.2 Å². The predicted molar refractivity (Wildman–Crippen MR) is 115 cm³/mol. The molecule has 0 amide bonds. The van der Waals surface area contributed by atoms with Crippen molar-refractivity contribution in [3.8, 4) is 5.69 Å². The van der Waals surface area contributed by atoms with Gasteiger partial charge in [0.1, 0.15) is 23.6 Å². The van der Waals surface area contributed by atoms with E-state index in [9.17, 15) is 8.78 Å². The highest BCUT2D eigenvalue weighted by molar-refractivity contribution is 5.57. The smallest absolute Gasteiger partial charge is 0.246 e. The van der Waals surface area contributed by atoms with E-state index in [1.54, 1.807) is 0 Å². The van der Waals surface area contributed by atoms with E-state index in [1.807, 2.05) is 19.1 Å². The van der Waals surface area contributed by atoms with Gasteiger partial charge in [-0.3, -0.25) is 4.90 Å². The molecule has 5 rings (SSSR count). The van der Waals surface area contributed by atoms with Crippen LogP contribution < -0.4 is 5.32 Å². The predicted octanol–water partition coefficient (Wildman–Crippen LogP) is 3.54. The number of morpholine rings is 1. The summed E-state index contributed by atoms with van der Waals surface area (Å²) in [6, 6.07) is 9.85. The molecule has 2 saturated heterocycles. The largest absolute Gasteiger partial charge is 0.378 e. The standard InChI is InChI=1S/C23H25F2N5O2/c1-15-5-16(23(2)13-29(3-4-32-23)21-11-31-12-21)7-19(6-15)27-22-26-14-30(28-22)20-9-17(24)8-18(25)10-20/h5-10,14,21H,3-4,11-13H2,1-2H3,(H,27,28). The van der Waals surface area contributed by atoms with Crippen molar-refractivity contribution in [3.63, 3.8) is 0 Å². The Morgan fingerprint density at radius 1 is 1.09 bits per heavy atom. The van der Waals surface area contributed by atoms with Gasteiger partial charge in [0.15, 0.2) is 0 Å². The molecule has 32 heavy (non-hydrogen) atoms. The maximum atomic E-state index is 13.5. The minimum atomic E-state index is -0.670. The van der Waals surface area contributed by atoms with Crippen LogP contribution in [0.2, 0.25) is 0 Å². The van der Waals surface area contributed by atoms with Crippen molar-refractivity contribution in [1.29, 1.82) is 0 Å². The van der Waals surface area contributed by atoms with Gasteiger partial charge in [0.05, 0.1) is 31.5 Å². The van der Waals surface area contributed by atoms with Crippen LogP contribution in [-0.2, 0) is 15.1 Å². The fraction of sp³-hybridized carbons (Fsp3) is 0.391. The quantitative estimate of drug-likeness (QED) is 0.654. The lowest BCUT2D eigenvalue weighted by molar-refractivity contribution is -0.151. The molecule has 1 N–H and O–H groups in total. The van der Waals surface area contributed by atoms with Crippen LogP contribution in [0.15, 0.2) is 42.7 Å². The number of ether oxygens (including phenoxy) is 2. The van der Waals surface area contributed by atoms with Crippen LogP contribution in [0, 0.1) is 18.6 Å². The first-order valence-corrected chi connectivity index (χ1v) is 10.6. The Balaban J connectivity index is 1.37. The van der Waals surface area contributed by atoms with Gasteiger partial charge >= 0.3 is 0 Å². The fourth-order valence-corrected chi connectivity index (χ4v) is 4.23. The Morgan fingerprint density at radius 2 is 1.88 bits per heavy atom. The van der Waals surface area contributed by atoms with Crippen molar-refractivity contribution >= 4 is 11.6 Å². The summed E-state index contributed by atoms with van der Waals surface area (Å²) < 4.78 is 40.0. The minimum Gasteiger partial charge on any atom is -0.378 e. The van der Waals surface area contributed by atoms with E-state index in [2.05, 4.69) is 33.3 Å². The van der Waals surface area contributed by atoms with Crippen LogP contribution in [0.3, 0.4) is 0 Å². The summed E-state index contributed by atoms with van der Waals surface area (Å²) in [4.78, 5) is 6.67. The van der Waals surface area contributed by atoms with Crippen LogP contribution in [0.1, 0.15) is 18.1 Å². The summed E-state index contributed by atoms with van der Waals surface area (Å²) in [6.07, 6.45) is 1.41. The number of hydrogen-bond donors (Lipinski definition) is 1. The zero-order chi connectivity index (χ0) is 22.3. The highest BCUT2D eigenvalue weighted by Gasteiger charge is 2.38. The number of anilines is 2. The molecule has 7 nitrogen and oxygen atoms in total. The molecular formula is C23H25F2N5O2. The van der Waals surface area contributed by atoms with Gasteiger partial charge in [-0.1, -0.05) is 6.07 Å². The number of rotatable bonds is 5. The van der Waals surface area contributed by atoms with E-state index < -0.39 is 17.2 Å². The summed E-state index contributed by atoms with van der Waals surface area (Å²) >= 11 is 0. The highest BCUT2D eigenvalue weighted by atomic mass is 19.1. The number of nitrogens with zero attached hydrogens (tertiary/aromatic N) is 4. The average Bonchev–Trinajstić information content (AvgIpc) is 3.14. The molecule has 2 fully saturated rings. The first-order chi connectivity index (χ1) is 15.4. The van der Waals surface area contributed by atoms with Gasteiger partial charge in [-0.15, -0.1) is 5.10 Å². The molecule has 1 atom stereocenters. The number of halogens is 2. The molecule has 2 aromatic carbocycles. The third kappa shape index (κ3) is 4.23. The van der Waals surface area contributed by atoms with Gasteiger partial charge < -0.3 is 14.8 Å². The van der Waals surface area contributed by atoms with Crippen molar-refractivity contribution < 1.29 is 18.3 Å². The molecule has 0 aliphatic carbocycles. The Labute approximate surface area is 185 Å². The lowest BCUT2D eigenvalue weighted by Gasteiger charge is -2.46. The summed E-state index contributed by atoms with van der Waals surface area (Å²) in [5.41, 5.74) is 2.78. The van der Waals surface area contributed by atoms with E-state index >= 15 is 0 Å². The molecule has 1 unspecified atom stereocenters. The molecule has 0 saturated carbocycles. The third-order valence-corrected chi connectivity index (χ3v) is 5.99. The molecule has 3 aromatic rings. The summed E-state index contributed by atoms with van der Waals surface area (Å²) in [6.45, 7) is 8.06. The van der Waals surface area contributed by atoms with Gasteiger partial charge in [-0.05, 0) is 49.2 Å². The van der Waals surface area contributed by atoms with Crippen molar-refractivity contribution in [2.24, 2.45) is 0 Å². The van der Waals surface area contributed by atoms with Gasteiger partial charge in [0.25, 0.3) is 0 Å². The molecule has 2 aliphatic heterocycles. The Hall–Kier alpha value is -2.88. The molecule has 2 aliphatic rings. The monoisotopic (exact) mass is 441 g/mol. The lowest BCUT2D eigenvalue weighted by atomic mass is 9.91. The lowest BCUT2D eigenvalue weighted by Crippen LogP contribution is -2.57. The zero-order valence-corrected chi connectivity index (χ0v) is 18.0. The third-order valence-electron chi connectivity index (χ3n) is 5.99. The molecular weight excluding hydrogens is 416 g/mol. The van der Waals surface area contributed by atoms with Gasteiger partial charge in [0.2, 0.25) is 5.95 Å². The second-order valence-corrected chi connectivity index (χ2v) is 8.59. The second-order valence-electron chi connectivity index (χ2n) is 8.59. The van der Waals surface area contributed by atoms with Gasteiger partial charge in [-0.2, -0.15) is 4.98 Å². The molecule has 168 valence electrons. The maximum Gasteiger partial charge on any atom is 0.246 e. The summed E-state index contributed by atoms with van der Waals surface area (Å²) in [5.74, 6) is -1.01. The molecule has 0 radical (unpaired) electrons. The second kappa shape index (κ2) is 8.23. The average molecular weight is 441 g/mol. The van der Waals surface area contributed by atoms with E-state index in [1.165, 1.54) is 23.1 Å². The number of hydrogen-bond acceptors (Lipinski definition) is 6. The molecule has 3 heterocycles. The van der Waals surface area contributed by atoms with Crippen molar-refractivity contribution in [2.45, 2.75) is 25.5 Å². The van der Waals surface area contributed by atoms with E-state index in [0.29, 0.717) is 18.6 Å². The Morgan fingerprint density at radius 3 is 2.59 bits per heavy atom. The van der Waals surface area contributed by atoms with Crippen LogP contribution in [-0.4, -0.2) is 58.6 Å². The normalized spacial score (nSPS) is 22.0. The van der Waals surface area contributed by atoms with Crippen LogP contribution >= 0.6 is 0 Å². The maximum absolute atomic E-state index is 13.5. The summed E-state index contributed by atoms with van der Waals surface area (Å²) in [5, 5.41) is 7.51. The number of aromatic nitrogens is 3. The number of aryl methyl sites for hydroxylation is 1. The molecule has 1 aromatic heterocycles. The topological polar surface area (TPSA) is 64.4 Å². The van der Waals surface area contributed by atoms with E-state index in [0.717, 1.165) is 49.2 Å². The van der Waals surface area contributed by atoms with Crippen LogP contribution in [0.4, 0.5) is 20.4 Å². The van der Waals surface area contributed by atoms with Crippen molar-refractivity contribution in [3.05, 3.63) is 65.5 Å². The molecule has 0 bridgehead atoms. The number of benzene rings is 2. The van der Waals surface area contributed by atoms with E-state index in [-0.39, 0.29) is 5.69 Å². The fourth-order valence-electron chi connectivity index (χ4n) is 4.23. The van der Waals surface area contributed by atoms with Crippen LogP contribution in [0.5, 0.6) is 0 Å². The van der Waals surface area contributed by atoms with Gasteiger partial charge in [-0.25, -0.2) is 13.5 Å². The van der Waals surface area contributed by atoms with Crippen molar-refractivity contribution in [1.82, 2.24) is 19.7 Å². The molecule has 9 heteroatoms. The first-order valence-electron chi connectivity index (χ1n) is 10.6. The Bertz CT molecular complexity index is 1110. The SMILES string of the molecule is Cc1cc(Nc2ncn(-c3cc(F)cc(F)c3)n2)cc(C2(C)CN(C3COC3)CCO2)c1. The number of nitrogens with one attached hydrogen (secondary N) is 1. The summed E-state index contributed by atoms with van der Waals surface area (Å²) in [7, 11) is 0. The Kier molecular flexibility index (Phi) is 5.40. The van der Waals surface area contributed by atoms with E-state index in [4.69, 9.17) is 9.47 Å². The van der Waals surface area contributed by atoms with Crippen LogP contribution in [0.25, 0.3) is 5.69 Å². The highest BCUT2D eigenvalue weighted by Crippen LogP contribution is 2.34. The first kappa shape index (κ1) is 21.0. The molecule has 0 spiro atoms.